The summed E-state index contributed by atoms with van der Waals surface area (Å²) < 4.78 is 31.6. The van der Waals surface area contributed by atoms with Crippen LogP contribution in [0.3, 0.4) is 0 Å². The van der Waals surface area contributed by atoms with Crippen molar-refractivity contribution in [3.63, 3.8) is 0 Å². The highest BCUT2D eigenvalue weighted by molar-refractivity contribution is 7.89. The highest BCUT2D eigenvalue weighted by atomic mass is 32.2. The zero-order valence-electron chi connectivity index (χ0n) is 17.5. The number of hydrogen-bond donors (Lipinski definition) is 2. The van der Waals surface area contributed by atoms with Crippen LogP contribution in [-0.4, -0.2) is 56.7 Å². The molecule has 0 saturated heterocycles. The highest BCUT2D eigenvalue weighted by Gasteiger charge is 2.32. The van der Waals surface area contributed by atoms with Crippen LogP contribution >= 0.6 is 0 Å². The van der Waals surface area contributed by atoms with Crippen LogP contribution in [0.2, 0.25) is 0 Å². The van der Waals surface area contributed by atoms with Crippen LogP contribution in [-0.2, 0) is 19.6 Å². The molecule has 0 aromatic heterocycles. The van der Waals surface area contributed by atoms with Gasteiger partial charge in [-0.05, 0) is 56.3 Å². The zero-order chi connectivity index (χ0) is 23.6. The molecule has 11 heteroatoms. The number of sulfonamides is 1. The molecule has 1 heterocycles. The average molecular weight is 459 g/mol. The molecule has 0 spiro atoms. The largest absolute Gasteiger partial charge is 0.452 e. The first-order chi connectivity index (χ1) is 15.0. The summed E-state index contributed by atoms with van der Waals surface area (Å²) in [5.74, 6) is -2.35. The number of benzene rings is 2. The summed E-state index contributed by atoms with van der Waals surface area (Å²) in [5, 5.41) is 2.49. The molecule has 1 aliphatic heterocycles. The number of rotatable bonds is 7. The monoisotopic (exact) mass is 459 g/mol. The summed E-state index contributed by atoms with van der Waals surface area (Å²) in [7, 11) is -2.33. The van der Waals surface area contributed by atoms with E-state index in [4.69, 9.17) is 4.74 Å². The summed E-state index contributed by atoms with van der Waals surface area (Å²) in [4.78, 5) is 49.2. The molecule has 0 saturated carbocycles. The van der Waals surface area contributed by atoms with Gasteiger partial charge >= 0.3 is 5.97 Å². The number of amides is 3. The SMILES string of the molecule is CC(C)NS(=O)(=O)c1ccc(C(=O)OCC(=O)Nc2ccc3c(c2)C(=O)N(C)C3=O)cc1. The van der Waals surface area contributed by atoms with Crippen molar-refractivity contribution in [2.24, 2.45) is 0 Å². The van der Waals surface area contributed by atoms with E-state index in [1.165, 1.54) is 49.5 Å². The Morgan fingerprint density at radius 3 is 2.25 bits per heavy atom. The minimum Gasteiger partial charge on any atom is -0.452 e. The quantitative estimate of drug-likeness (QED) is 0.471. The molecular formula is C21H21N3O7S. The lowest BCUT2D eigenvalue weighted by atomic mass is 10.1. The van der Waals surface area contributed by atoms with Crippen LogP contribution in [0.5, 0.6) is 0 Å². The van der Waals surface area contributed by atoms with Crippen molar-refractivity contribution < 1.29 is 32.3 Å². The van der Waals surface area contributed by atoms with Crippen LogP contribution < -0.4 is 10.0 Å². The Balaban J connectivity index is 1.58. The van der Waals surface area contributed by atoms with E-state index in [1.54, 1.807) is 13.8 Å². The van der Waals surface area contributed by atoms with Gasteiger partial charge in [0.05, 0.1) is 21.6 Å². The fourth-order valence-corrected chi connectivity index (χ4v) is 4.25. The summed E-state index contributed by atoms with van der Waals surface area (Å²) in [6.07, 6.45) is 0. The van der Waals surface area contributed by atoms with E-state index < -0.39 is 40.3 Å². The van der Waals surface area contributed by atoms with E-state index in [1.807, 2.05) is 0 Å². The van der Waals surface area contributed by atoms with E-state index in [9.17, 15) is 27.6 Å². The fraction of sp³-hybridized carbons (Fsp3) is 0.238. The lowest BCUT2D eigenvalue weighted by Crippen LogP contribution is -2.30. The maximum atomic E-state index is 12.2. The minimum absolute atomic E-state index is 0.00391. The maximum Gasteiger partial charge on any atom is 0.338 e. The van der Waals surface area contributed by atoms with Gasteiger partial charge in [-0.25, -0.2) is 17.9 Å². The van der Waals surface area contributed by atoms with Crippen molar-refractivity contribution in [1.82, 2.24) is 9.62 Å². The van der Waals surface area contributed by atoms with Crippen molar-refractivity contribution in [1.29, 1.82) is 0 Å². The van der Waals surface area contributed by atoms with Gasteiger partial charge in [0.15, 0.2) is 6.61 Å². The second kappa shape index (κ2) is 8.89. The summed E-state index contributed by atoms with van der Waals surface area (Å²) in [5.41, 5.74) is 0.768. The number of esters is 1. The van der Waals surface area contributed by atoms with E-state index in [0.717, 1.165) is 4.90 Å². The van der Waals surface area contributed by atoms with Gasteiger partial charge in [0.1, 0.15) is 0 Å². The molecule has 2 aromatic rings. The summed E-state index contributed by atoms with van der Waals surface area (Å²) in [6.45, 7) is 2.78. The van der Waals surface area contributed by atoms with E-state index in [0.29, 0.717) is 0 Å². The third-order valence-electron chi connectivity index (χ3n) is 4.50. The smallest absolute Gasteiger partial charge is 0.338 e. The first-order valence-electron chi connectivity index (χ1n) is 9.55. The second-order valence-electron chi connectivity index (χ2n) is 7.35. The first-order valence-corrected chi connectivity index (χ1v) is 11.0. The topological polar surface area (TPSA) is 139 Å². The standard InChI is InChI=1S/C21H21N3O7S/c1-12(2)23-32(29,30)15-7-4-13(5-8-15)21(28)31-11-18(25)22-14-6-9-16-17(10-14)20(27)24(3)19(16)26/h4-10,12,23H,11H2,1-3H3,(H,22,25). The third kappa shape index (κ3) is 4.84. The van der Waals surface area contributed by atoms with Gasteiger partial charge in [-0.1, -0.05) is 0 Å². The van der Waals surface area contributed by atoms with Crippen LogP contribution in [0.1, 0.15) is 44.9 Å². The van der Waals surface area contributed by atoms with E-state index >= 15 is 0 Å². The van der Waals surface area contributed by atoms with Gasteiger partial charge in [0.25, 0.3) is 17.7 Å². The number of carbonyl (C=O) groups is 4. The minimum atomic E-state index is -3.69. The number of hydrogen-bond acceptors (Lipinski definition) is 7. The van der Waals surface area contributed by atoms with Crippen molar-refractivity contribution in [3.05, 3.63) is 59.2 Å². The Morgan fingerprint density at radius 1 is 1.00 bits per heavy atom. The van der Waals surface area contributed by atoms with Crippen molar-refractivity contribution in [3.8, 4) is 0 Å². The normalized spacial score (nSPS) is 13.3. The Labute approximate surface area is 184 Å². The van der Waals surface area contributed by atoms with Gasteiger partial charge in [-0.2, -0.15) is 0 Å². The molecule has 0 radical (unpaired) electrons. The molecule has 2 aromatic carbocycles. The summed E-state index contributed by atoms with van der Waals surface area (Å²) in [6, 6.07) is 9.10. The number of fused-ring (bicyclic) bond motifs is 1. The van der Waals surface area contributed by atoms with E-state index in [2.05, 4.69) is 10.0 Å². The molecule has 32 heavy (non-hydrogen) atoms. The molecular weight excluding hydrogens is 438 g/mol. The van der Waals surface area contributed by atoms with Gasteiger partial charge in [-0.15, -0.1) is 0 Å². The number of carbonyl (C=O) groups excluding carboxylic acids is 4. The van der Waals surface area contributed by atoms with Gasteiger partial charge in [0, 0.05) is 18.8 Å². The third-order valence-corrected chi connectivity index (χ3v) is 6.17. The van der Waals surface area contributed by atoms with Crippen LogP contribution in [0.15, 0.2) is 47.4 Å². The van der Waals surface area contributed by atoms with Crippen molar-refractivity contribution in [2.45, 2.75) is 24.8 Å². The average Bonchev–Trinajstić information content (AvgIpc) is 2.95. The number of nitrogens with one attached hydrogen (secondary N) is 2. The van der Waals surface area contributed by atoms with Gasteiger partial charge < -0.3 is 10.1 Å². The molecule has 1 aliphatic rings. The zero-order valence-corrected chi connectivity index (χ0v) is 18.4. The number of imide groups is 1. The molecule has 0 bridgehead atoms. The Bertz CT molecular complexity index is 1200. The maximum absolute atomic E-state index is 12.2. The molecule has 3 amide bonds. The Morgan fingerprint density at radius 2 is 1.62 bits per heavy atom. The fourth-order valence-electron chi connectivity index (χ4n) is 3.00. The molecule has 168 valence electrons. The molecule has 2 N–H and O–H groups in total. The summed E-state index contributed by atoms with van der Waals surface area (Å²) >= 11 is 0. The predicted octanol–water partition coefficient (Wildman–Crippen LogP) is 1.39. The molecule has 0 aliphatic carbocycles. The van der Waals surface area contributed by atoms with Crippen molar-refractivity contribution in [2.75, 3.05) is 19.0 Å². The Kier molecular flexibility index (Phi) is 6.42. The lowest BCUT2D eigenvalue weighted by molar-refractivity contribution is -0.119. The molecule has 3 rings (SSSR count). The number of nitrogens with zero attached hydrogens (tertiary/aromatic N) is 1. The molecule has 0 unspecified atom stereocenters. The van der Waals surface area contributed by atoms with Gasteiger partial charge in [-0.3, -0.25) is 19.3 Å². The molecule has 10 nitrogen and oxygen atoms in total. The first kappa shape index (κ1) is 23.1. The van der Waals surface area contributed by atoms with E-state index in [-0.39, 0.29) is 33.3 Å². The van der Waals surface area contributed by atoms with Crippen molar-refractivity contribution >= 4 is 39.4 Å². The lowest BCUT2D eigenvalue weighted by Gasteiger charge is -2.10. The number of anilines is 1. The van der Waals surface area contributed by atoms with Crippen LogP contribution in [0.25, 0.3) is 0 Å². The predicted molar refractivity (Wildman–Crippen MR) is 114 cm³/mol. The second-order valence-corrected chi connectivity index (χ2v) is 9.07. The van der Waals surface area contributed by atoms with Gasteiger partial charge in [0.2, 0.25) is 10.0 Å². The molecule has 0 atom stereocenters. The Hall–Kier alpha value is -3.57. The van der Waals surface area contributed by atoms with Crippen LogP contribution in [0, 0.1) is 0 Å². The number of ether oxygens (including phenoxy) is 1. The molecule has 0 fully saturated rings. The highest BCUT2D eigenvalue weighted by Crippen LogP contribution is 2.24. The van der Waals surface area contributed by atoms with Crippen LogP contribution in [0.4, 0.5) is 5.69 Å².